The van der Waals surface area contributed by atoms with Gasteiger partial charge < -0.3 is 21.7 Å². The normalized spacial score (nSPS) is 27.3. The number of carbonyl (C=O) groups is 2. The molecule has 1 heterocycles. The molecule has 0 bridgehead atoms. The van der Waals surface area contributed by atoms with Crippen LogP contribution in [0.2, 0.25) is 0 Å². The molecule has 2 aliphatic rings. The Bertz CT molecular complexity index is 668. The number of benzene rings is 1. The zero-order valence-corrected chi connectivity index (χ0v) is 15.7. The number of anilines is 1. The van der Waals surface area contributed by atoms with Crippen molar-refractivity contribution < 1.29 is 9.59 Å². The molecule has 1 aromatic rings. The van der Waals surface area contributed by atoms with Gasteiger partial charge in [0.05, 0.1) is 0 Å². The van der Waals surface area contributed by atoms with Crippen LogP contribution in [0.15, 0.2) is 18.2 Å². The van der Waals surface area contributed by atoms with Crippen LogP contribution in [0.3, 0.4) is 0 Å². The van der Waals surface area contributed by atoms with Crippen LogP contribution in [-0.2, 0) is 9.59 Å². The van der Waals surface area contributed by atoms with Gasteiger partial charge in [-0.05, 0) is 43.7 Å². The first kappa shape index (κ1) is 18.7. The van der Waals surface area contributed by atoms with Crippen LogP contribution in [0.25, 0.3) is 0 Å². The highest BCUT2D eigenvalue weighted by molar-refractivity contribution is 5.89. The van der Waals surface area contributed by atoms with Crippen molar-refractivity contribution in [3.63, 3.8) is 0 Å². The van der Waals surface area contributed by atoms with E-state index in [1.807, 2.05) is 6.07 Å². The predicted molar refractivity (Wildman–Crippen MR) is 103 cm³/mol. The molecule has 1 aliphatic heterocycles. The lowest BCUT2D eigenvalue weighted by Gasteiger charge is -2.30. The zero-order valence-electron chi connectivity index (χ0n) is 15.7. The number of carbonyl (C=O) groups excluding carboxylic acids is 2. The molecule has 142 valence electrons. The molecule has 1 aromatic carbocycles. The third-order valence-corrected chi connectivity index (χ3v) is 5.69. The first-order valence-electron chi connectivity index (χ1n) is 9.65. The second-order valence-electron chi connectivity index (χ2n) is 7.61. The molecular formula is C20H30N4O2. The first-order chi connectivity index (χ1) is 12.5. The van der Waals surface area contributed by atoms with E-state index in [1.165, 1.54) is 11.1 Å². The summed E-state index contributed by atoms with van der Waals surface area (Å²) >= 11 is 0. The summed E-state index contributed by atoms with van der Waals surface area (Å²) in [6.45, 7) is 4.55. The number of para-hydroxylation sites is 1. The Morgan fingerprint density at radius 2 is 1.81 bits per heavy atom. The number of hydrogen-bond donors (Lipinski definition) is 4. The second-order valence-corrected chi connectivity index (χ2v) is 7.61. The van der Waals surface area contributed by atoms with E-state index in [9.17, 15) is 9.59 Å². The van der Waals surface area contributed by atoms with Gasteiger partial charge in [0.25, 0.3) is 0 Å². The van der Waals surface area contributed by atoms with Gasteiger partial charge in [-0.3, -0.25) is 9.59 Å². The summed E-state index contributed by atoms with van der Waals surface area (Å²) in [7, 11) is 0. The van der Waals surface area contributed by atoms with Gasteiger partial charge in [-0.15, -0.1) is 0 Å². The maximum atomic E-state index is 12.8. The van der Waals surface area contributed by atoms with Crippen LogP contribution in [0.5, 0.6) is 0 Å². The standard InChI is InChI=1S/C20H30N4O2/c1-12-4-3-5-16-13(2)19(24-18(12)16)20(26)23-15-8-6-14(7-9-15)22-17(25)10-11-21/h3-5,13-15,19,24H,6-11,21H2,1-2H3,(H,22,25)(H,23,26)/t13?,14-,15-,19?. The van der Waals surface area contributed by atoms with Crippen LogP contribution >= 0.6 is 0 Å². The van der Waals surface area contributed by atoms with E-state index in [4.69, 9.17) is 5.73 Å². The molecule has 5 N–H and O–H groups in total. The fraction of sp³-hybridized carbons (Fsp3) is 0.600. The van der Waals surface area contributed by atoms with Crippen LogP contribution in [0.1, 0.15) is 56.1 Å². The lowest BCUT2D eigenvalue weighted by molar-refractivity contribution is -0.124. The third-order valence-electron chi connectivity index (χ3n) is 5.69. The van der Waals surface area contributed by atoms with Crippen LogP contribution in [0.4, 0.5) is 5.69 Å². The third kappa shape index (κ3) is 4.01. The SMILES string of the molecule is Cc1cccc2c1NC(C(=O)N[C@H]1CC[C@H](NC(=O)CCN)CC1)C2C. The summed E-state index contributed by atoms with van der Waals surface area (Å²) in [6, 6.07) is 6.39. The average molecular weight is 358 g/mol. The Balaban J connectivity index is 1.50. The van der Waals surface area contributed by atoms with E-state index < -0.39 is 0 Å². The lowest BCUT2D eigenvalue weighted by atomic mass is 9.90. The average Bonchev–Trinajstić information content (AvgIpc) is 2.95. The fourth-order valence-electron chi connectivity index (χ4n) is 4.12. The summed E-state index contributed by atoms with van der Waals surface area (Å²) in [5.41, 5.74) is 8.91. The molecule has 6 heteroatoms. The first-order valence-corrected chi connectivity index (χ1v) is 9.65. The largest absolute Gasteiger partial charge is 0.373 e. The lowest BCUT2D eigenvalue weighted by Crippen LogP contribution is -2.48. The highest BCUT2D eigenvalue weighted by Crippen LogP contribution is 2.37. The second kappa shape index (κ2) is 8.08. The smallest absolute Gasteiger partial charge is 0.243 e. The molecule has 0 aromatic heterocycles. The topological polar surface area (TPSA) is 96.2 Å². The molecular weight excluding hydrogens is 328 g/mol. The van der Waals surface area contributed by atoms with Gasteiger partial charge in [-0.25, -0.2) is 0 Å². The van der Waals surface area contributed by atoms with Crippen molar-refractivity contribution >= 4 is 17.5 Å². The van der Waals surface area contributed by atoms with Gasteiger partial charge in [0.2, 0.25) is 11.8 Å². The molecule has 3 rings (SSSR count). The Morgan fingerprint density at radius 1 is 1.15 bits per heavy atom. The Hall–Kier alpha value is -2.08. The maximum Gasteiger partial charge on any atom is 0.243 e. The Labute approximate surface area is 155 Å². The predicted octanol–water partition coefficient (Wildman–Crippen LogP) is 1.79. The van der Waals surface area contributed by atoms with Gasteiger partial charge >= 0.3 is 0 Å². The van der Waals surface area contributed by atoms with E-state index in [0.29, 0.717) is 13.0 Å². The van der Waals surface area contributed by atoms with E-state index in [2.05, 4.69) is 41.9 Å². The number of nitrogens with two attached hydrogens (primary N) is 1. The molecule has 2 unspecified atom stereocenters. The molecule has 0 radical (unpaired) electrons. The molecule has 26 heavy (non-hydrogen) atoms. The van der Waals surface area contributed by atoms with Gasteiger partial charge in [0.15, 0.2) is 0 Å². The molecule has 1 aliphatic carbocycles. The molecule has 2 atom stereocenters. The zero-order chi connectivity index (χ0) is 18.7. The summed E-state index contributed by atoms with van der Waals surface area (Å²) in [5, 5.41) is 9.65. The van der Waals surface area contributed by atoms with E-state index >= 15 is 0 Å². The van der Waals surface area contributed by atoms with Gasteiger partial charge in [0.1, 0.15) is 6.04 Å². The van der Waals surface area contributed by atoms with Crippen molar-refractivity contribution in [1.82, 2.24) is 10.6 Å². The van der Waals surface area contributed by atoms with Gasteiger partial charge in [-0.2, -0.15) is 0 Å². The molecule has 0 spiro atoms. The van der Waals surface area contributed by atoms with E-state index in [1.54, 1.807) is 0 Å². The van der Waals surface area contributed by atoms with Gasteiger partial charge in [0, 0.05) is 36.7 Å². The summed E-state index contributed by atoms with van der Waals surface area (Å²) in [5.74, 6) is 0.262. The number of fused-ring (bicyclic) bond motifs is 1. The number of nitrogens with one attached hydrogen (secondary N) is 3. The molecule has 0 saturated heterocycles. The van der Waals surface area contributed by atoms with Crippen LogP contribution < -0.4 is 21.7 Å². The van der Waals surface area contributed by atoms with Crippen molar-refractivity contribution in [2.75, 3.05) is 11.9 Å². The van der Waals surface area contributed by atoms with Crippen molar-refractivity contribution in [3.8, 4) is 0 Å². The number of hydrogen-bond acceptors (Lipinski definition) is 4. The monoisotopic (exact) mass is 358 g/mol. The van der Waals surface area contributed by atoms with Crippen molar-refractivity contribution in [1.29, 1.82) is 0 Å². The van der Waals surface area contributed by atoms with Crippen molar-refractivity contribution in [2.24, 2.45) is 5.73 Å². The van der Waals surface area contributed by atoms with Gasteiger partial charge in [-0.1, -0.05) is 25.1 Å². The van der Waals surface area contributed by atoms with Crippen LogP contribution in [-0.4, -0.2) is 36.5 Å². The number of amides is 2. The Kier molecular flexibility index (Phi) is 5.81. The Morgan fingerprint density at radius 3 is 2.42 bits per heavy atom. The maximum absolute atomic E-state index is 12.8. The summed E-state index contributed by atoms with van der Waals surface area (Å²) < 4.78 is 0. The van der Waals surface area contributed by atoms with E-state index in [-0.39, 0.29) is 35.9 Å². The van der Waals surface area contributed by atoms with Crippen molar-refractivity contribution in [3.05, 3.63) is 29.3 Å². The van der Waals surface area contributed by atoms with Crippen LogP contribution in [0, 0.1) is 6.92 Å². The quantitative estimate of drug-likeness (QED) is 0.645. The molecule has 6 nitrogen and oxygen atoms in total. The highest BCUT2D eigenvalue weighted by Gasteiger charge is 2.35. The van der Waals surface area contributed by atoms with Crippen molar-refractivity contribution in [2.45, 2.75) is 70.0 Å². The molecule has 1 saturated carbocycles. The fourth-order valence-corrected chi connectivity index (χ4v) is 4.12. The minimum Gasteiger partial charge on any atom is -0.373 e. The summed E-state index contributed by atoms with van der Waals surface area (Å²) in [4.78, 5) is 24.4. The molecule has 2 amide bonds. The molecule has 1 fully saturated rings. The van der Waals surface area contributed by atoms with E-state index in [0.717, 1.165) is 31.4 Å². The highest BCUT2D eigenvalue weighted by atomic mass is 16.2. The number of rotatable bonds is 5. The number of aryl methyl sites for hydroxylation is 1. The minimum atomic E-state index is -0.215. The summed E-state index contributed by atoms with van der Waals surface area (Å²) in [6.07, 6.45) is 3.96. The minimum absolute atomic E-state index is 0.0251.